The van der Waals surface area contributed by atoms with Gasteiger partial charge >= 0.3 is 7.12 Å². The summed E-state index contributed by atoms with van der Waals surface area (Å²) in [6.07, 6.45) is 2.04. The van der Waals surface area contributed by atoms with Crippen LogP contribution in [0.1, 0.15) is 44.9 Å². The first-order valence-corrected chi connectivity index (χ1v) is 8.89. The van der Waals surface area contributed by atoms with Gasteiger partial charge in [-0.15, -0.1) is 0 Å². The minimum atomic E-state index is -0.320. The first-order chi connectivity index (χ1) is 11.9. The molecule has 0 radical (unpaired) electrons. The van der Waals surface area contributed by atoms with E-state index in [4.69, 9.17) is 14.3 Å². The molecule has 0 saturated carbocycles. The predicted molar refractivity (Wildman–Crippen MR) is 105 cm³/mol. The van der Waals surface area contributed by atoms with Crippen molar-refractivity contribution in [1.29, 1.82) is 0 Å². The van der Waals surface area contributed by atoms with Gasteiger partial charge in [-0.2, -0.15) is 0 Å². The molecule has 1 aliphatic rings. The van der Waals surface area contributed by atoms with Gasteiger partial charge in [-0.05, 0) is 28.9 Å². The summed E-state index contributed by atoms with van der Waals surface area (Å²) < 4.78 is 12.1. The highest BCUT2D eigenvalue weighted by atomic mass is 16.6. The van der Waals surface area contributed by atoms with E-state index in [0.29, 0.717) is 6.61 Å². The molecule has 1 aliphatic heterocycles. The van der Waals surface area contributed by atoms with E-state index in [1.807, 2.05) is 36.5 Å². The summed E-state index contributed by atoms with van der Waals surface area (Å²) in [4.78, 5) is 4.73. The van der Waals surface area contributed by atoms with Crippen LogP contribution in [0.5, 0.6) is 0 Å². The van der Waals surface area contributed by atoms with Gasteiger partial charge in [-0.1, -0.05) is 75.4 Å². The molecule has 130 valence electrons. The topological polar surface area (TPSA) is 30.8 Å². The highest BCUT2D eigenvalue weighted by Gasteiger charge is 2.39. The molecular weight excluding hydrogens is 309 g/mol. The average Bonchev–Trinajstić information content (AvgIpc) is 3.11. The maximum atomic E-state index is 6.16. The quantitative estimate of drug-likeness (QED) is 0.624. The summed E-state index contributed by atoms with van der Waals surface area (Å²) in [5.41, 5.74) is 3.36. The third kappa shape index (κ3) is 4.39. The van der Waals surface area contributed by atoms with Crippen LogP contribution in [0.25, 0.3) is 0 Å². The Bertz CT molecular complexity index is 724. The Balaban J connectivity index is 1.77. The number of hydrogen-bond acceptors (Lipinski definition) is 3. The maximum Gasteiger partial charge on any atom is 0.494 e. The van der Waals surface area contributed by atoms with Gasteiger partial charge in [-0.25, -0.2) is 0 Å². The number of rotatable bonds is 4. The van der Waals surface area contributed by atoms with E-state index in [1.54, 1.807) is 0 Å². The van der Waals surface area contributed by atoms with E-state index in [0.717, 1.165) is 11.0 Å². The third-order valence-electron chi connectivity index (χ3n) is 4.62. The third-order valence-corrected chi connectivity index (χ3v) is 4.62. The van der Waals surface area contributed by atoms with Crippen molar-refractivity contribution in [2.45, 2.75) is 39.8 Å². The van der Waals surface area contributed by atoms with Crippen molar-refractivity contribution in [2.24, 2.45) is 10.4 Å². The molecule has 3 rings (SSSR count). The van der Waals surface area contributed by atoms with E-state index >= 15 is 0 Å². The minimum absolute atomic E-state index is 0.0691. The van der Waals surface area contributed by atoms with Crippen molar-refractivity contribution in [3.63, 3.8) is 0 Å². The van der Waals surface area contributed by atoms with E-state index in [2.05, 4.69) is 52.0 Å². The summed E-state index contributed by atoms with van der Waals surface area (Å²) in [5.74, 6) is 0. The van der Waals surface area contributed by atoms with Crippen LogP contribution in [0.2, 0.25) is 0 Å². The molecule has 1 saturated heterocycles. The van der Waals surface area contributed by atoms with Crippen molar-refractivity contribution in [3.05, 3.63) is 65.7 Å². The van der Waals surface area contributed by atoms with Crippen molar-refractivity contribution < 1.29 is 9.31 Å². The zero-order valence-electron chi connectivity index (χ0n) is 15.5. The number of nitrogens with zero attached hydrogens (tertiary/aromatic N) is 1. The van der Waals surface area contributed by atoms with E-state index < -0.39 is 0 Å². The molecule has 0 aromatic heterocycles. The lowest BCUT2D eigenvalue weighted by atomic mass is 9.76. The normalized spacial score (nSPS) is 19.5. The Hall–Kier alpha value is -1.91. The highest BCUT2D eigenvalue weighted by molar-refractivity contribution is 6.63. The summed E-state index contributed by atoms with van der Waals surface area (Å²) >= 11 is 0. The molecule has 2 aromatic rings. The van der Waals surface area contributed by atoms with Gasteiger partial charge in [0, 0.05) is 6.21 Å². The van der Waals surface area contributed by atoms with Crippen LogP contribution < -0.4 is 5.46 Å². The summed E-state index contributed by atoms with van der Waals surface area (Å²) in [7, 11) is -0.320. The Kier molecular flexibility index (Phi) is 5.40. The minimum Gasteiger partial charge on any atom is -0.405 e. The van der Waals surface area contributed by atoms with Gasteiger partial charge in [0.1, 0.15) is 0 Å². The summed E-state index contributed by atoms with van der Waals surface area (Å²) in [6, 6.07) is 18.6. The highest BCUT2D eigenvalue weighted by Crippen LogP contribution is 2.27. The fourth-order valence-electron chi connectivity index (χ4n) is 2.87. The predicted octanol–water partition coefficient (Wildman–Crippen LogP) is 4.02. The van der Waals surface area contributed by atoms with Gasteiger partial charge in [0.25, 0.3) is 0 Å². The molecule has 2 atom stereocenters. The molecule has 0 N–H and O–H groups in total. The second-order valence-corrected chi connectivity index (χ2v) is 7.65. The Labute approximate surface area is 151 Å². The largest absolute Gasteiger partial charge is 0.494 e. The molecule has 1 fully saturated rings. The van der Waals surface area contributed by atoms with Crippen LogP contribution in [0.15, 0.2) is 59.6 Å². The van der Waals surface area contributed by atoms with Crippen LogP contribution in [0.3, 0.4) is 0 Å². The first kappa shape index (κ1) is 17.9. The van der Waals surface area contributed by atoms with Crippen molar-refractivity contribution in [3.8, 4) is 0 Å². The summed E-state index contributed by atoms with van der Waals surface area (Å²) in [6.45, 7) is 9.27. The smallest absolute Gasteiger partial charge is 0.405 e. The van der Waals surface area contributed by atoms with Crippen LogP contribution >= 0.6 is 0 Å². The number of aliphatic imine (C=N–C) groups is 1. The van der Waals surface area contributed by atoms with Gasteiger partial charge in [-0.3, -0.25) is 4.99 Å². The van der Waals surface area contributed by atoms with Gasteiger partial charge in [0.05, 0.1) is 18.8 Å². The van der Waals surface area contributed by atoms with Crippen LogP contribution in [0, 0.1) is 5.41 Å². The molecule has 0 unspecified atom stereocenters. The summed E-state index contributed by atoms with van der Waals surface area (Å²) in [5, 5.41) is 0. The zero-order valence-corrected chi connectivity index (χ0v) is 15.5. The molecule has 0 amide bonds. The Morgan fingerprint density at radius 2 is 1.76 bits per heavy atom. The fourth-order valence-corrected chi connectivity index (χ4v) is 2.87. The molecule has 25 heavy (non-hydrogen) atoms. The lowest BCUT2D eigenvalue weighted by molar-refractivity contribution is 0.107. The monoisotopic (exact) mass is 335 g/mol. The van der Waals surface area contributed by atoms with Gasteiger partial charge < -0.3 is 9.31 Å². The molecule has 1 heterocycles. The van der Waals surface area contributed by atoms with Gasteiger partial charge in [0.2, 0.25) is 0 Å². The second-order valence-electron chi connectivity index (χ2n) is 7.65. The van der Waals surface area contributed by atoms with Crippen molar-refractivity contribution >= 4 is 18.8 Å². The lowest BCUT2D eigenvalue weighted by Gasteiger charge is -2.25. The number of benzene rings is 2. The molecule has 2 aromatic carbocycles. The van der Waals surface area contributed by atoms with Crippen LogP contribution in [-0.4, -0.2) is 26.0 Å². The van der Waals surface area contributed by atoms with Crippen LogP contribution in [-0.2, 0) is 9.31 Å². The molecule has 0 aliphatic carbocycles. The molecule has 0 bridgehead atoms. The van der Waals surface area contributed by atoms with Crippen molar-refractivity contribution in [2.75, 3.05) is 6.61 Å². The Morgan fingerprint density at radius 1 is 1.08 bits per heavy atom. The Morgan fingerprint density at radius 3 is 2.44 bits per heavy atom. The first-order valence-electron chi connectivity index (χ1n) is 8.89. The van der Waals surface area contributed by atoms with Crippen LogP contribution in [0.4, 0.5) is 0 Å². The van der Waals surface area contributed by atoms with E-state index in [-0.39, 0.29) is 24.7 Å². The zero-order chi connectivity index (χ0) is 17.9. The molecule has 0 spiro atoms. The lowest BCUT2D eigenvalue weighted by Crippen LogP contribution is -2.37. The molecule has 3 nitrogen and oxygen atoms in total. The van der Waals surface area contributed by atoms with Crippen molar-refractivity contribution in [1.82, 2.24) is 0 Å². The molecular formula is C21H26BNO2. The second kappa shape index (κ2) is 7.55. The maximum absolute atomic E-state index is 6.16. The van der Waals surface area contributed by atoms with E-state index in [1.165, 1.54) is 5.56 Å². The SMILES string of the molecule is C[C@H](N=Cc1ccccc1B1OC[C@H](C(C)(C)C)O1)c1ccccc1. The average molecular weight is 335 g/mol. The number of hydrogen-bond donors (Lipinski definition) is 0. The van der Waals surface area contributed by atoms with E-state index in [9.17, 15) is 0 Å². The fraction of sp³-hybridized carbons (Fsp3) is 0.381. The standard InChI is InChI=1S/C21H26BNO2/c1-16(17-10-6-5-7-11-17)23-14-18-12-8-9-13-19(18)22-24-15-20(25-22)21(2,3)4/h5-14,16,20H,15H2,1-4H3/t16-,20+/m0/s1. The molecule has 4 heteroatoms. The van der Waals surface area contributed by atoms with Gasteiger partial charge in [0.15, 0.2) is 0 Å².